The van der Waals surface area contributed by atoms with Crippen LogP contribution in [0.3, 0.4) is 0 Å². The summed E-state index contributed by atoms with van der Waals surface area (Å²) in [5.41, 5.74) is 0.601. The predicted molar refractivity (Wildman–Crippen MR) is 120 cm³/mol. The van der Waals surface area contributed by atoms with Gasteiger partial charge in [0, 0.05) is 15.8 Å². The van der Waals surface area contributed by atoms with Crippen molar-refractivity contribution < 1.29 is 21.6 Å². The number of hydrogen-bond acceptors (Lipinski definition) is 5. The van der Waals surface area contributed by atoms with Gasteiger partial charge in [0.1, 0.15) is 5.75 Å². The fourth-order valence-corrected chi connectivity index (χ4v) is 5.19. The second-order valence-electron chi connectivity index (χ2n) is 6.04. The molecule has 2 N–H and O–H groups in total. The first kappa shape index (κ1) is 22.4. The second kappa shape index (κ2) is 8.84. The van der Waals surface area contributed by atoms with Gasteiger partial charge in [0.25, 0.3) is 20.0 Å². The molecule has 3 rings (SSSR count). The molecule has 0 atom stereocenters. The highest BCUT2D eigenvalue weighted by molar-refractivity contribution is 9.10. The van der Waals surface area contributed by atoms with Gasteiger partial charge in [-0.25, -0.2) is 16.8 Å². The van der Waals surface area contributed by atoms with Gasteiger partial charge in [-0.15, -0.1) is 0 Å². The van der Waals surface area contributed by atoms with Crippen molar-refractivity contribution in [3.8, 4) is 5.75 Å². The van der Waals surface area contributed by atoms with Crippen molar-refractivity contribution in [2.24, 2.45) is 0 Å². The molecular formula is C19H16BrClN2O5S2. The minimum absolute atomic E-state index is 0.0131. The molecule has 0 radical (unpaired) electrons. The van der Waals surface area contributed by atoms with Gasteiger partial charge in [0.15, 0.2) is 0 Å². The summed E-state index contributed by atoms with van der Waals surface area (Å²) in [7, 11) is -6.32. The van der Waals surface area contributed by atoms with Crippen LogP contribution in [0.2, 0.25) is 5.02 Å². The van der Waals surface area contributed by atoms with E-state index < -0.39 is 20.0 Å². The number of ether oxygens (including phenoxy) is 1. The van der Waals surface area contributed by atoms with Crippen molar-refractivity contribution in [2.75, 3.05) is 16.6 Å². The smallest absolute Gasteiger partial charge is 0.261 e. The monoisotopic (exact) mass is 530 g/mol. The Morgan fingerprint density at radius 1 is 0.767 bits per heavy atom. The molecule has 0 aromatic heterocycles. The standard InChI is InChI=1S/C19H16BrClN2O5S2/c1-28-19-11-10-17(12-18(19)21)30(26,27)23-15-6-8-16(9-7-15)29(24,25)22-14-4-2-13(20)3-5-14/h2-12,22-23H,1H3. The van der Waals surface area contributed by atoms with E-state index in [1.807, 2.05) is 0 Å². The first-order valence-corrected chi connectivity index (χ1v) is 12.5. The lowest BCUT2D eigenvalue weighted by atomic mass is 10.3. The maximum Gasteiger partial charge on any atom is 0.261 e. The summed E-state index contributed by atoms with van der Waals surface area (Å²) >= 11 is 9.27. The molecule has 0 spiro atoms. The van der Waals surface area contributed by atoms with Crippen molar-refractivity contribution in [2.45, 2.75) is 9.79 Å². The van der Waals surface area contributed by atoms with Gasteiger partial charge in [0.05, 0.1) is 21.9 Å². The predicted octanol–water partition coefficient (Wildman–Crippen LogP) is 4.71. The molecule has 0 fully saturated rings. The molecule has 3 aromatic carbocycles. The average Bonchev–Trinajstić information content (AvgIpc) is 2.69. The zero-order valence-electron chi connectivity index (χ0n) is 15.5. The first-order chi connectivity index (χ1) is 14.1. The Bertz CT molecular complexity index is 1260. The van der Waals surface area contributed by atoms with Gasteiger partial charge < -0.3 is 4.74 Å². The molecule has 30 heavy (non-hydrogen) atoms. The number of halogens is 2. The Hall–Kier alpha value is -2.27. The Kier molecular flexibility index (Phi) is 6.61. The van der Waals surface area contributed by atoms with Gasteiger partial charge >= 0.3 is 0 Å². The summed E-state index contributed by atoms with van der Waals surface area (Å²) in [6.45, 7) is 0. The van der Waals surface area contributed by atoms with E-state index in [-0.39, 0.29) is 20.5 Å². The Balaban J connectivity index is 1.78. The Morgan fingerprint density at radius 3 is 1.73 bits per heavy atom. The molecular weight excluding hydrogens is 516 g/mol. The number of anilines is 2. The molecule has 0 aliphatic carbocycles. The Morgan fingerprint density at radius 2 is 1.23 bits per heavy atom. The summed E-state index contributed by atoms with van der Waals surface area (Å²) < 4.78 is 60.8. The minimum Gasteiger partial charge on any atom is -0.495 e. The maximum atomic E-state index is 12.6. The van der Waals surface area contributed by atoms with E-state index in [1.54, 1.807) is 24.3 Å². The van der Waals surface area contributed by atoms with E-state index >= 15 is 0 Å². The summed E-state index contributed by atoms with van der Waals surface area (Å²) in [6.07, 6.45) is 0. The largest absolute Gasteiger partial charge is 0.495 e. The van der Waals surface area contributed by atoms with Crippen LogP contribution < -0.4 is 14.2 Å². The molecule has 0 amide bonds. The van der Waals surface area contributed by atoms with Crippen LogP contribution in [0, 0.1) is 0 Å². The highest BCUT2D eigenvalue weighted by Crippen LogP contribution is 2.28. The third kappa shape index (κ3) is 5.25. The molecule has 0 bridgehead atoms. The molecule has 0 aliphatic heterocycles. The number of benzene rings is 3. The summed E-state index contributed by atoms with van der Waals surface area (Å²) in [4.78, 5) is -0.0669. The van der Waals surface area contributed by atoms with Crippen molar-refractivity contribution in [3.63, 3.8) is 0 Å². The van der Waals surface area contributed by atoms with Crippen LogP contribution in [0.5, 0.6) is 5.75 Å². The number of nitrogens with one attached hydrogen (secondary N) is 2. The second-order valence-corrected chi connectivity index (χ2v) is 10.7. The fraction of sp³-hybridized carbons (Fsp3) is 0.0526. The lowest BCUT2D eigenvalue weighted by Gasteiger charge is -2.11. The normalized spacial score (nSPS) is 11.7. The lowest BCUT2D eigenvalue weighted by Crippen LogP contribution is -2.14. The summed E-state index contributed by atoms with van der Waals surface area (Å²) in [5, 5.41) is 0.154. The van der Waals surface area contributed by atoms with Gasteiger partial charge in [-0.2, -0.15) is 0 Å². The SMILES string of the molecule is COc1ccc(S(=O)(=O)Nc2ccc(S(=O)(=O)Nc3ccc(Br)cc3)cc2)cc1Cl. The summed E-state index contributed by atoms with van der Waals surface area (Å²) in [5.74, 6) is 0.350. The topological polar surface area (TPSA) is 102 Å². The third-order valence-electron chi connectivity index (χ3n) is 3.95. The number of rotatable bonds is 7. The molecule has 0 unspecified atom stereocenters. The molecule has 0 heterocycles. The first-order valence-electron chi connectivity index (χ1n) is 8.35. The van der Waals surface area contributed by atoms with Crippen LogP contribution in [0.4, 0.5) is 11.4 Å². The fourth-order valence-electron chi connectivity index (χ4n) is 2.46. The van der Waals surface area contributed by atoms with Crippen LogP contribution in [0.1, 0.15) is 0 Å². The number of methoxy groups -OCH3 is 1. The van der Waals surface area contributed by atoms with Crippen molar-refractivity contribution >= 4 is 59.0 Å². The molecule has 11 heteroatoms. The van der Waals surface area contributed by atoms with E-state index in [4.69, 9.17) is 16.3 Å². The highest BCUT2D eigenvalue weighted by atomic mass is 79.9. The quantitative estimate of drug-likeness (QED) is 0.460. The van der Waals surface area contributed by atoms with E-state index in [0.717, 1.165) is 4.47 Å². The zero-order chi connectivity index (χ0) is 21.9. The van der Waals surface area contributed by atoms with Gasteiger partial charge in [-0.1, -0.05) is 27.5 Å². The number of sulfonamides is 2. The van der Waals surface area contributed by atoms with E-state index in [0.29, 0.717) is 11.4 Å². The molecule has 158 valence electrons. The third-order valence-corrected chi connectivity index (χ3v) is 7.55. The van der Waals surface area contributed by atoms with Crippen molar-refractivity contribution in [1.29, 1.82) is 0 Å². The van der Waals surface area contributed by atoms with Gasteiger partial charge in [-0.05, 0) is 66.7 Å². The summed E-state index contributed by atoms with van der Waals surface area (Å²) in [6, 6.07) is 16.0. The molecule has 7 nitrogen and oxygen atoms in total. The zero-order valence-corrected chi connectivity index (χ0v) is 19.4. The van der Waals surface area contributed by atoms with Crippen LogP contribution in [0.25, 0.3) is 0 Å². The number of hydrogen-bond donors (Lipinski definition) is 2. The van der Waals surface area contributed by atoms with Crippen LogP contribution in [0.15, 0.2) is 81.0 Å². The van der Waals surface area contributed by atoms with Crippen LogP contribution in [-0.4, -0.2) is 23.9 Å². The minimum atomic E-state index is -3.92. The van der Waals surface area contributed by atoms with Crippen molar-refractivity contribution in [3.05, 3.63) is 76.2 Å². The highest BCUT2D eigenvalue weighted by Gasteiger charge is 2.18. The van der Waals surface area contributed by atoms with E-state index in [2.05, 4.69) is 25.4 Å². The van der Waals surface area contributed by atoms with Crippen molar-refractivity contribution in [1.82, 2.24) is 0 Å². The average molecular weight is 532 g/mol. The molecule has 0 saturated carbocycles. The van der Waals surface area contributed by atoms with Gasteiger partial charge in [-0.3, -0.25) is 9.44 Å². The molecule has 0 aliphatic rings. The van der Waals surface area contributed by atoms with Crippen LogP contribution in [-0.2, 0) is 20.0 Å². The molecule has 0 saturated heterocycles. The maximum absolute atomic E-state index is 12.6. The lowest BCUT2D eigenvalue weighted by molar-refractivity contribution is 0.414. The van der Waals surface area contributed by atoms with E-state index in [9.17, 15) is 16.8 Å². The Labute approximate surface area is 188 Å². The van der Waals surface area contributed by atoms with E-state index in [1.165, 1.54) is 49.6 Å². The van der Waals surface area contributed by atoms with Gasteiger partial charge in [0.2, 0.25) is 0 Å². The van der Waals surface area contributed by atoms with Crippen LogP contribution >= 0.6 is 27.5 Å². The molecule has 3 aromatic rings.